The average molecular weight is 378 g/mol. The summed E-state index contributed by atoms with van der Waals surface area (Å²) < 4.78 is 38.7. The fraction of sp³-hybridized carbons (Fsp3) is 0.111. The predicted molar refractivity (Wildman–Crippen MR) is 99.3 cm³/mol. The molecule has 0 aliphatic heterocycles. The average Bonchev–Trinajstić information content (AvgIpc) is 2.63. The molecule has 130 valence electrons. The summed E-state index contributed by atoms with van der Waals surface area (Å²) in [5.74, 6) is 0.647. The molecule has 1 N–H and O–H groups in total. The van der Waals surface area contributed by atoms with Gasteiger partial charge < -0.3 is 9.47 Å². The van der Waals surface area contributed by atoms with E-state index in [9.17, 15) is 8.42 Å². The molecule has 0 unspecified atom stereocenters. The molecule has 0 radical (unpaired) electrons. The first-order valence-electron chi connectivity index (χ1n) is 7.38. The summed E-state index contributed by atoms with van der Waals surface area (Å²) in [5.41, 5.74) is 0.435. The van der Waals surface area contributed by atoms with Gasteiger partial charge in [0.2, 0.25) is 0 Å². The molecule has 0 heterocycles. The van der Waals surface area contributed by atoms with Crippen molar-refractivity contribution in [2.75, 3.05) is 18.9 Å². The lowest BCUT2D eigenvalue weighted by Crippen LogP contribution is -2.14. The van der Waals surface area contributed by atoms with Crippen LogP contribution in [0, 0.1) is 0 Å². The molecule has 3 aromatic carbocycles. The highest BCUT2D eigenvalue weighted by molar-refractivity contribution is 7.92. The van der Waals surface area contributed by atoms with Crippen LogP contribution in [-0.4, -0.2) is 22.6 Å². The Morgan fingerprint density at radius 1 is 0.920 bits per heavy atom. The van der Waals surface area contributed by atoms with E-state index in [0.29, 0.717) is 21.8 Å². The van der Waals surface area contributed by atoms with Gasteiger partial charge in [0.1, 0.15) is 16.4 Å². The number of ether oxygens (including phenoxy) is 2. The lowest BCUT2D eigenvalue weighted by Gasteiger charge is -2.14. The molecule has 0 saturated heterocycles. The van der Waals surface area contributed by atoms with Crippen LogP contribution in [-0.2, 0) is 10.0 Å². The van der Waals surface area contributed by atoms with Crippen LogP contribution in [0.1, 0.15) is 0 Å². The van der Waals surface area contributed by atoms with Crippen molar-refractivity contribution in [2.45, 2.75) is 4.90 Å². The molecule has 3 aromatic rings. The number of anilines is 1. The van der Waals surface area contributed by atoms with Gasteiger partial charge in [-0.1, -0.05) is 35.9 Å². The highest BCUT2D eigenvalue weighted by Gasteiger charge is 2.21. The van der Waals surface area contributed by atoms with E-state index < -0.39 is 10.0 Å². The Kier molecular flexibility index (Phi) is 4.74. The zero-order chi connectivity index (χ0) is 18.0. The van der Waals surface area contributed by atoms with Crippen LogP contribution in [0.15, 0.2) is 59.5 Å². The van der Waals surface area contributed by atoms with E-state index in [1.807, 2.05) is 24.3 Å². The molecule has 0 aliphatic carbocycles. The number of fused-ring (bicyclic) bond motifs is 1. The normalized spacial score (nSPS) is 11.3. The maximum absolute atomic E-state index is 12.9. The zero-order valence-electron chi connectivity index (χ0n) is 13.6. The van der Waals surface area contributed by atoms with Gasteiger partial charge in [-0.15, -0.1) is 0 Å². The maximum Gasteiger partial charge on any atom is 0.265 e. The van der Waals surface area contributed by atoms with Crippen molar-refractivity contribution in [1.29, 1.82) is 0 Å². The van der Waals surface area contributed by atoms with Gasteiger partial charge in [0.15, 0.2) is 0 Å². The number of methoxy groups -OCH3 is 2. The van der Waals surface area contributed by atoms with Gasteiger partial charge in [0.25, 0.3) is 10.0 Å². The molecule has 25 heavy (non-hydrogen) atoms. The molecule has 0 amide bonds. The molecule has 0 spiro atoms. The van der Waals surface area contributed by atoms with Gasteiger partial charge in [-0.25, -0.2) is 8.42 Å². The summed E-state index contributed by atoms with van der Waals surface area (Å²) in [7, 11) is -1.01. The number of halogens is 1. The zero-order valence-corrected chi connectivity index (χ0v) is 15.2. The third kappa shape index (κ3) is 3.36. The standard InChI is InChI=1S/C18H16ClNO4S/c1-23-12-7-10-17(24-2)18(11-12)25(21,22)20-16-9-8-15(19)13-5-3-4-6-14(13)16/h3-11,20H,1-2H3. The molecule has 7 heteroatoms. The number of benzene rings is 3. The van der Waals surface area contributed by atoms with Gasteiger partial charge >= 0.3 is 0 Å². The predicted octanol–water partition coefficient (Wildman–Crippen LogP) is 4.31. The van der Waals surface area contributed by atoms with Crippen LogP contribution in [0.2, 0.25) is 5.02 Å². The molecule has 0 fully saturated rings. The van der Waals surface area contributed by atoms with E-state index in [2.05, 4.69) is 4.72 Å². The second kappa shape index (κ2) is 6.82. The Labute approximate surface area is 151 Å². The molecular formula is C18H16ClNO4S. The van der Waals surface area contributed by atoms with E-state index in [1.165, 1.54) is 20.3 Å². The number of sulfonamides is 1. The first-order chi connectivity index (χ1) is 12.0. The van der Waals surface area contributed by atoms with Crippen molar-refractivity contribution in [2.24, 2.45) is 0 Å². The molecule has 0 atom stereocenters. The number of hydrogen-bond acceptors (Lipinski definition) is 4. The van der Waals surface area contributed by atoms with Crippen LogP contribution in [0.3, 0.4) is 0 Å². The Balaban J connectivity index is 2.11. The van der Waals surface area contributed by atoms with Crippen molar-refractivity contribution < 1.29 is 17.9 Å². The summed E-state index contributed by atoms with van der Waals surface area (Å²) in [6, 6.07) is 15.2. The van der Waals surface area contributed by atoms with Crippen molar-refractivity contribution in [3.05, 3.63) is 59.6 Å². The molecule has 0 bridgehead atoms. The molecule has 0 aliphatic rings. The molecule has 3 rings (SSSR count). The van der Waals surface area contributed by atoms with Gasteiger partial charge in [0.05, 0.1) is 19.9 Å². The van der Waals surface area contributed by atoms with Crippen molar-refractivity contribution >= 4 is 38.1 Å². The smallest absolute Gasteiger partial charge is 0.265 e. The highest BCUT2D eigenvalue weighted by atomic mass is 35.5. The van der Waals surface area contributed by atoms with E-state index in [-0.39, 0.29) is 10.6 Å². The Hall–Kier alpha value is -2.44. The van der Waals surface area contributed by atoms with Crippen LogP contribution in [0.25, 0.3) is 10.8 Å². The summed E-state index contributed by atoms with van der Waals surface area (Å²) in [5, 5.41) is 2.03. The summed E-state index contributed by atoms with van der Waals surface area (Å²) in [6.45, 7) is 0. The topological polar surface area (TPSA) is 64.6 Å². The number of rotatable bonds is 5. The molecular weight excluding hydrogens is 362 g/mol. The van der Waals surface area contributed by atoms with Crippen molar-refractivity contribution in [3.63, 3.8) is 0 Å². The van der Waals surface area contributed by atoms with E-state index in [0.717, 1.165) is 5.39 Å². The van der Waals surface area contributed by atoms with E-state index in [1.54, 1.807) is 24.3 Å². The summed E-state index contributed by atoms with van der Waals surface area (Å²) in [4.78, 5) is -0.00613. The second-order valence-corrected chi connectivity index (χ2v) is 7.32. The highest BCUT2D eigenvalue weighted by Crippen LogP contribution is 2.33. The summed E-state index contributed by atoms with van der Waals surface area (Å²) >= 11 is 6.19. The van der Waals surface area contributed by atoms with Crippen LogP contribution < -0.4 is 14.2 Å². The largest absolute Gasteiger partial charge is 0.497 e. The SMILES string of the molecule is COc1ccc(OC)c(S(=O)(=O)Nc2ccc(Cl)c3ccccc23)c1. The molecule has 0 aromatic heterocycles. The minimum atomic E-state index is -3.89. The fourth-order valence-electron chi connectivity index (χ4n) is 2.55. The van der Waals surface area contributed by atoms with Gasteiger partial charge in [0, 0.05) is 21.9 Å². The number of hydrogen-bond donors (Lipinski definition) is 1. The van der Waals surface area contributed by atoms with Crippen LogP contribution >= 0.6 is 11.6 Å². The molecule has 5 nitrogen and oxygen atoms in total. The van der Waals surface area contributed by atoms with Gasteiger partial charge in [-0.3, -0.25) is 4.72 Å². The van der Waals surface area contributed by atoms with E-state index >= 15 is 0 Å². The Morgan fingerprint density at radius 3 is 2.32 bits per heavy atom. The monoisotopic (exact) mass is 377 g/mol. The Morgan fingerprint density at radius 2 is 1.64 bits per heavy atom. The lowest BCUT2D eigenvalue weighted by molar-refractivity contribution is 0.392. The first-order valence-corrected chi connectivity index (χ1v) is 9.24. The summed E-state index contributed by atoms with van der Waals surface area (Å²) in [6.07, 6.45) is 0. The van der Waals surface area contributed by atoms with Crippen LogP contribution in [0.4, 0.5) is 5.69 Å². The lowest BCUT2D eigenvalue weighted by atomic mass is 10.1. The number of nitrogens with one attached hydrogen (secondary N) is 1. The maximum atomic E-state index is 12.9. The van der Waals surface area contributed by atoms with E-state index in [4.69, 9.17) is 21.1 Å². The third-order valence-electron chi connectivity index (χ3n) is 3.78. The fourth-order valence-corrected chi connectivity index (χ4v) is 4.04. The first kappa shape index (κ1) is 17.4. The van der Waals surface area contributed by atoms with Crippen molar-refractivity contribution in [3.8, 4) is 11.5 Å². The van der Waals surface area contributed by atoms with Gasteiger partial charge in [-0.05, 0) is 24.3 Å². The Bertz CT molecular complexity index is 1030. The minimum absolute atomic E-state index is 0.00613. The molecule has 0 saturated carbocycles. The van der Waals surface area contributed by atoms with Crippen LogP contribution in [0.5, 0.6) is 11.5 Å². The minimum Gasteiger partial charge on any atom is -0.497 e. The van der Waals surface area contributed by atoms with Gasteiger partial charge in [-0.2, -0.15) is 0 Å². The quantitative estimate of drug-likeness (QED) is 0.719. The second-order valence-electron chi connectivity index (χ2n) is 5.26. The van der Waals surface area contributed by atoms with Crippen molar-refractivity contribution in [1.82, 2.24) is 0 Å². The third-order valence-corrected chi connectivity index (χ3v) is 5.49.